The zero-order chi connectivity index (χ0) is 20.0. The van der Waals surface area contributed by atoms with Crippen molar-refractivity contribution in [1.82, 2.24) is 15.3 Å². The van der Waals surface area contributed by atoms with Crippen LogP contribution >= 0.6 is 0 Å². The fourth-order valence-corrected chi connectivity index (χ4v) is 2.92. The smallest absolute Gasteiger partial charge is 0.413 e. The number of aryl methyl sites for hydroxylation is 1. The SMILES string of the molecule is CNC(=O)Oc1cc(-c2cnc(OC[C@@](C)(N)CC(C)C)cc2C)ccn1. The lowest BCUT2D eigenvalue weighted by Gasteiger charge is -2.26. The summed E-state index contributed by atoms with van der Waals surface area (Å²) in [7, 11) is 1.49. The van der Waals surface area contributed by atoms with Crippen LogP contribution in [0.25, 0.3) is 11.1 Å². The number of hydrogen-bond acceptors (Lipinski definition) is 6. The van der Waals surface area contributed by atoms with E-state index in [1.807, 2.05) is 26.0 Å². The molecule has 0 aromatic carbocycles. The number of pyridine rings is 2. The van der Waals surface area contributed by atoms with Crippen LogP contribution in [0.15, 0.2) is 30.6 Å². The van der Waals surface area contributed by atoms with E-state index in [-0.39, 0.29) is 5.88 Å². The van der Waals surface area contributed by atoms with Gasteiger partial charge >= 0.3 is 6.09 Å². The standard InChI is InChI=1S/C20H28N4O3/c1-13(2)10-20(4,21)12-26-17-8-14(3)16(11-24-17)15-6-7-23-18(9-15)27-19(25)22-5/h6-9,11,13H,10,12,21H2,1-5H3,(H,22,25)/t20-/m0/s1. The fraction of sp³-hybridized carbons (Fsp3) is 0.450. The first-order chi connectivity index (χ1) is 12.7. The number of nitrogens with zero attached hydrogens (tertiary/aromatic N) is 2. The summed E-state index contributed by atoms with van der Waals surface area (Å²) in [6.45, 7) is 8.63. The van der Waals surface area contributed by atoms with Crippen molar-refractivity contribution in [2.75, 3.05) is 13.7 Å². The van der Waals surface area contributed by atoms with Crippen molar-refractivity contribution in [3.05, 3.63) is 36.2 Å². The predicted octanol–water partition coefficient (Wildman–Crippen LogP) is 3.31. The molecule has 0 radical (unpaired) electrons. The molecule has 0 spiro atoms. The van der Waals surface area contributed by atoms with Gasteiger partial charge in [-0.25, -0.2) is 14.8 Å². The van der Waals surface area contributed by atoms with Crippen molar-refractivity contribution in [2.24, 2.45) is 11.7 Å². The molecule has 0 aliphatic heterocycles. The van der Waals surface area contributed by atoms with Crippen LogP contribution in [-0.2, 0) is 0 Å². The third-order valence-electron chi connectivity index (χ3n) is 3.96. The highest BCUT2D eigenvalue weighted by molar-refractivity contribution is 5.71. The second kappa shape index (κ2) is 8.81. The van der Waals surface area contributed by atoms with E-state index in [0.29, 0.717) is 18.4 Å². The quantitative estimate of drug-likeness (QED) is 0.773. The van der Waals surface area contributed by atoms with Crippen LogP contribution in [0.4, 0.5) is 4.79 Å². The Kier molecular flexibility index (Phi) is 6.74. The van der Waals surface area contributed by atoms with Crippen molar-refractivity contribution in [1.29, 1.82) is 0 Å². The molecule has 2 rings (SSSR count). The normalized spacial score (nSPS) is 13.1. The molecule has 0 saturated carbocycles. The maximum absolute atomic E-state index is 11.3. The van der Waals surface area contributed by atoms with E-state index in [1.54, 1.807) is 18.5 Å². The molecule has 0 bridgehead atoms. The van der Waals surface area contributed by atoms with Crippen LogP contribution in [0.1, 0.15) is 32.8 Å². The zero-order valence-corrected chi connectivity index (χ0v) is 16.6. The first-order valence-corrected chi connectivity index (χ1v) is 8.94. The van der Waals surface area contributed by atoms with Gasteiger partial charge in [0, 0.05) is 42.7 Å². The van der Waals surface area contributed by atoms with Gasteiger partial charge in [-0.1, -0.05) is 13.8 Å². The average Bonchev–Trinajstić information content (AvgIpc) is 2.59. The summed E-state index contributed by atoms with van der Waals surface area (Å²) >= 11 is 0. The summed E-state index contributed by atoms with van der Waals surface area (Å²) in [5, 5.41) is 2.39. The molecule has 0 saturated heterocycles. The molecule has 27 heavy (non-hydrogen) atoms. The first kappa shape index (κ1) is 20.6. The minimum Gasteiger partial charge on any atom is -0.476 e. The molecule has 0 aliphatic rings. The van der Waals surface area contributed by atoms with Crippen molar-refractivity contribution < 1.29 is 14.3 Å². The number of aromatic nitrogens is 2. The molecule has 2 aromatic rings. The van der Waals surface area contributed by atoms with Gasteiger partial charge in [0.25, 0.3) is 0 Å². The van der Waals surface area contributed by atoms with Crippen molar-refractivity contribution >= 4 is 6.09 Å². The van der Waals surface area contributed by atoms with Gasteiger partial charge in [0.05, 0.1) is 0 Å². The zero-order valence-electron chi connectivity index (χ0n) is 16.6. The van der Waals surface area contributed by atoms with Gasteiger partial charge in [-0.3, -0.25) is 0 Å². The van der Waals surface area contributed by atoms with Gasteiger partial charge in [-0.15, -0.1) is 0 Å². The number of ether oxygens (including phenoxy) is 2. The van der Waals surface area contributed by atoms with Gasteiger partial charge < -0.3 is 20.5 Å². The molecule has 0 aliphatic carbocycles. The third-order valence-corrected chi connectivity index (χ3v) is 3.96. The molecule has 146 valence electrons. The van der Waals surface area contributed by atoms with Gasteiger partial charge in [-0.2, -0.15) is 0 Å². The Hall–Kier alpha value is -2.67. The lowest BCUT2D eigenvalue weighted by molar-refractivity contribution is 0.200. The molecule has 0 fully saturated rings. The Bertz CT molecular complexity index is 791. The summed E-state index contributed by atoms with van der Waals surface area (Å²) in [5.41, 5.74) is 8.63. The number of hydrogen-bond donors (Lipinski definition) is 2. The maximum atomic E-state index is 11.3. The Morgan fingerprint density at radius 3 is 2.67 bits per heavy atom. The van der Waals surface area contributed by atoms with Gasteiger partial charge in [0.2, 0.25) is 11.8 Å². The number of carbonyl (C=O) groups excluding carboxylic acids is 1. The molecular weight excluding hydrogens is 344 g/mol. The molecular formula is C20H28N4O3. The van der Waals surface area contributed by atoms with E-state index in [4.69, 9.17) is 15.2 Å². The monoisotopic (exact) mass is 372 g/mol. The Morgan fingerprint density at radius 1 is 1.30 bits per heavy atom. The van der Waals surface area contributed by atoms with Crippen molar-refractivity contribution in [3.63, 3.8) is 0 Å². The Balaban J connectivity index is 2.13. The number of rotatable bonds is 7. The van der Waals surface area contributed by atoms with E-state index in [2.05, 4.69) is 29.1 Å². The first-order valence-electron chi connectivity index (χ1n) is 8.94. The highest BCUT2D eigenvalue weighted by Gasteiger charge is 2.21. The second-order valence-corrected chi connectivity index (χ2v) is 7.40. The molecule has 3 N–H and O–H groups in total. The van der Waals surface area contributed by atoms with E-state index < -0.39 is 11.6 Å². The van der Waals surface area contributed by atoms with Crippen LogP contribution in [0.5, 0.6) is 11.8 Å². The topological polar surface area (TPSA) is 99.4 Å². The number of carbonyl (C=O) groups is 1. The Labute approximate surface area is 160 Å². The lowest BCUT2D eigenvalue weighted by atomic mass is 9.93. The lowest BCUT2D eigenvalue weighted by Crippen LogP contribution is -2.43. The predicted molar refractivity (Wildman–Crippen MR) is 105 cm³/mol. The number of nitrogens with two attached hydrogens (primary N) is 1. The second-order valence-electron chi connectivity index (χ2n) is 7.40. The minimum atomic E-state index is -0.565. The average molecular weight is 372 g/mol. The summed E-state index contributed by atoms with van der Waals surface area (Å²) in [6, 6.07) is 5.40. The summed E-state index contributed by atoms with van der Waals surface area (Å²) < 4.78 is 10.9. The summed E-state index contributed by atoms with van der Waals surface area (Å²) in [5.74, 6) is 1.25. The van der Waals surface area contributed by atoms with Crippen molar-refractivity contribution in [3.8, 4) is 22.9 Å². The van der Waals surface area contributed by atoms with Gasteiger partial charge in [-0.05, 0) is 43.4 Å². The minimum absolute atomic E-state index is 0.221. The van der Waals surface area contributed by atoms with Crippen LogP contribution in [-0.4, -0.2) is 35.3 Å². The molecule has 2 heterocycles. The number of amides is 1. The molecule has 7 nitrogen and oxygen atoms in total. The summed E-state index contributed by atoms with van der Waals surface area (Å²) in [6.07, 6.45) is 3.63. The largest absolute Gasteiger partial charge is 0.476 e. The number of nitrogens with one attached hydrogen (secondary N) is 1. The molecule has 1 atom stereocenters. The van der Waals surface area contributed by atoms with E-state index >= 15 is 0 Å². The van der Waals surface area contributed by atoms with E-state index in [9.17, 15) is 4.79 Å². The molecule has 1 amide bonds. The molecule has 0 unspecified atom stereocenters. The van der Waals surface area contributed by atoms with Gasteiger partial charge in [0.1, 0.15) is 6.61 Å². The summed E-state index contributed by atoms with van der Waals surface area (Å²) in [4.78, 5) is 19.8. The van der Waals surface area contributed by atoms with Crippen LogP contribution < -0.4 is 20.5 Å². The van der Waals surface area contributed by atoms with Crippen LogP contribution in [0.3, 0.4) is 0 Å². The van der Waals surface area contributed by atoms with Gasteiger partial charge in [0.15, 0.2) is 0 Å². The van der Waals surface area contributed by atoms with Crippen LogP contribution in [0.2, 0.25) is 0 Å². The maximum Gasteiger partial charge on any atom is 0.413 e. The molecule has 7 heteroatoms. The molecule has 2 aromatic heterocycles. The van der Waals surface area contributed by atoms with E-state index in [1.165, 1.54) is 7.05 Å². The fourth-order valence-electron chi connectivity index (χ4n) is 2.92. The third kappa shape index (κ3) is 6.21. The highest BCUT2D eigenvalue weighted by atomic mass is 16.6. The Morgan fingerprint density at radius 2 is 2.04 bits per heavy atom. The van der Waals surface area contributed by atoms with Crippen molar-refractivity contribution in [2.45, 2.75) is 39.7 Å². The van der Waals surface area contributed by atoms with Crippen LogP contribution in [0, 0.1) is 12.8 Å². The highest BCUT2D eigenvalue weighted by Crippen LogP contribution is 2.27. The van der Waals surface area contributed by atoms with E-state index in [0.717, 1.165) is 23.1 Å².